The average molecular weight is 282 g/mol. The summed E-state index contributed by atoms with van der Waals surface area (Å²) in [5, 5.41) is 4.34. The van der Waals surface area contributed by atoms with Crippen molar-refractivity contribution >= 4 is 17.7 Å². The number of aromatic nitrogens is 2. The van der Waals surface area contributed by atoms with E-state index in [-0.39, 0.29) is 11.6 Å². The summed E-state index contributed by atoms with van der Waals surface area (Å²) in [5.41, 5.74) is -1.27. The summed E-state index contributed by atoms with van der Waals surface area (Å²) in [6.07, 6.45) is -1.76. The van der Waals surface area contributed by atoms with Gasteiger partial charge in [0.25, 0.3) is 0 Å². The topological polar surface area (TPSA) is 66.9 Å². The van der Waals surface area contributed by atoms with Crippen LogP contribution in [0, 0.1) is 0 Å². The maximum atomic E-state index is 12.7. The lowest BCUT2D eigenvalue weighted by Crippen LogP contribution is -2.22. The Hall–Kier alpha value is -2.64. The van der Waals surface area contributed by atoms with Crippen LogP contribution in [-0.4, -0.2) is 16.0 Å². The van der Waals surface area contributed by atoms with Gasteiger partial charge in [0.2, 0.25) is 5.95 Å². The van der Waals surface area contributed by atoms with E-state index in [4.69, 9.17) is 0 Å². The number of alkyl halides is 3. The van der Waals surface area contributed by atoms with E-state index in [1.165, 1.54) is 24.5 Å². The molecule has 1 aromatic heterocycles. The summed E-state index contributed by atoms with van der Waals surface area (Å²) in [5.74, 6) is -0.00510. The minimum absolute atomic E-state index is 0.00510. The number of hydrogen-bond acceptors (Lipinski definition) is 3. The molecule has 1 aromatic carbocycles. The van der Waals surface area contributed by atoms with Gasteiger partial charge >= 0.3 is 12.2 Å². The maximum Gasteiger partial charge on any atom is 0.418 e. The van der Waals surface area contributed by atoms with Crippen molar-refractivity contribution < 1.29 is 18.0 Å². The molecule has 0 radical (unpaired) electrons. The summed E-state index contributed by atoms with van der Waals surface area (Å²) in [7, 11) is 0. The van der Waals surface area contributed by atoms with Crippen LogP contribution in [0.25, 0.3) is 0 Å². The number of nitrogens with zero attached hydrogens (tertiary/aromatic N) is 2. The Morgan fingerprint density at radius 2 is 1.65 bits per heavy atom. The fourth-order valence-corrected chi connectivity index (χ4v) is 1.46. The molecule has 0 saturated heterocycles. The minimum atomic E-state index is -4.55. The number of benzene rings is 1. The van der Waals surface area contributed by atoms with Crippen LogP contribution in [0.15, 0.2) is 42.7 Å². The summed E-state index contributed by atoms with van der Waals surface area (Å²) in [4.78, 5) is 19.0. The molecule has 5 nitrogen and oxygen atoms in total. The molecule has 1 heterocycles. The third kappa shape index (κ3) is 3.44. The van der Waals surface area contributed by atoms with E-state index in [0.717, 1.165) is 12.1 Å². The summed E-state index contributed by atoms with van der Waals surface area (Å²) < 4.78 is 38.2. The van der Waals surface area contributed by atoms with Crippen LogP contribution < -0.4 is 10.6 Å². The minimum Gasteiger partial charge on any atom is -0.307 e. The zero-order chi connectivity index (χ0) is 14.6. The van der Waals surface area contributed by atoms with Crippen LogP contribution in [0.5, 0.6) is 0 Å². The van der Waals surface area contributed by atoms with Gasteiger partial charge in [0, 0.05) is 12.4 Å². The standard InChI is InChI=1S/C12H9F3N4O/c13-12(14,15)8-4-1-2-5-9(8)18-11(20)19-10-16-6-3-7-17-10/h1-7H,(H2,16,17,18,19,20). The van der Waals surface area contributed by atoms with Gasteiger partial charge < -0.3 is 5.32 Å². The molecule has 0 fully saturated rings. The fourth-order valence-electron chi connectivity index (χ4n) is 1.46. The number of urea groups is 1. The maximum absolute atomic E-state index is 12.7. The number of carbonyl (C=O) groups is 1. The van der Waals surface area contributed by atoms with Crippen molar-refractivity contribution in [1.29, 1.82) is 0 Å². The first-order valence-electron chi connectivity index (χ1n) is 5.48. The van der Waals surface area contributed by atoms with Crippen LogP contribution in [0.1, 0.15) is 5.56 Å². The van der Waals surface area contributed by atoms with E-state index in [9.17, 15) is 18.0 Å². The predicted molar refractivity (Wildman–Crippen MR) is 66.1 cm³/mol. The molecule has 2 N–H and O–H groups in total. The second kappa shape index (κ2) is 5.55. The average Bonchev–Trinajstić information content (AvgIpc) is 2.39. The van der Waals surface area contributed by atoms with E-state index in [1.807, 2.05) is 0 Å². The number of para-hydroxylation sites is 1. The highest BCUT2D eigenvalue weighted by Gasteiger charge is 2.33. The first kappa shape index (κ1) is 13.8. The van der Waals surface area contributed by atoms with Gasteiger partial charge in [-0.1, -0.05) is 12.1 Å². The number of amides is 2. The van der Waals surface area contributed by atoms with Gasteiger partial charge in [0.1, 0.15) is 0 Å². The molecule has 104 valence electrons. The summed E-state index contributed by atoms with van der Waals surface area (Å²) in [6.45, 7) is 0. The van der Waals surface area contributed by atoms with E-state index in [2.05, 4.69) is 20.6 Å². The van der Waals surface area contributed by atoms with E-state index >= 15 is 0 Å². The lowest BCUT2D eigenvalue weighted by atomic mass is 10.1. The number of anilines is 2. The molecule has 0 bridgehead atoms. The van der Waals surface area contributed by atoms with Gasteiger partial charge in [-0.05, 0) is 18.2 Å². The highest BCUT2D eigenvalue weighted by atomic mass is 19.4. The van der Waals surface area contributed by atoms with Crippen LogP contribution in [0.2, 0.25) is 0 Å². The largest absolute Gasteiger partial charge is 0.418 e. The molecule has 0 aliphatic carbocycles. The molecule has 20 heavy (non-hydrogen) atoms. The van der Waals surface area contributed by atoms with Gasteiger partial charge in [0.05, 0.1) is 11.3 Å². The van der Waals surface area contributed by atoms with E-state index in [0.29, 0.717) is 0 Å². The normalized spacial score (nSPS) is 10.9. The zero-order valence-electron chi connectivity index (χ0n) is 9.98. The van der Waals surface area contributed by atoms with Crippen LogP contribution in [0.3, 0.4) is 0 Å². The van der Waals surface area contributed by atoms with Gasteiger partial charge in [-0.25, -0.2) is 14.8 Å². The second-order valence-electron chi connectivity index (χ2n) is 3.69. The smallest absolute Gasteiger partial charge is 0.307 e. The Balaban J connectivity index is 2.13. The quantitative estimate of drug-likeness (QED) is 0.889. The Kier molecular flexibility index (Phi) is 3.83. The van der Waals surface area contributed by atoms with Crippen molar-refractivity contribution in [1.82, 2.24) is 9.97 Å². The molecular weight excluding hydrogens is 273 g/mol. The number of rotatable bonds is 2. The van der Waals surface area contributed by atoms with Crippen molar-refractivity contribution in [3.63, 3.8) is 0 Å². The lowest BCUT2D eigenvalue weighted by Gasteiger charge is -2.13. The Labute approximate surface area is 111 Å². The van der Waals surface area contributed by atoms with Crippen molar-refractivity contribution in [2.75, 3.05) is 10.6 Å². The monoisotopic (exact) mass is 282 g/mol. The molecule has 2 rings (SSSR count). The first-order valence-corrected chi connectivity index (χ1v) is 5.48. The molecule has 8 heteroatoms. The van der Waals surface area contributed by atoms with Crippen LogP contribution in [0.4, 0.5) is 29.6 Å². The van der Waals surface area contributed by atoms with Crippen molar-refractivity contribution in [3.05, 3.63) is 48.3 Å². The molecule has 0 aliphatic rings. The number of halogens is 3. The van der Waals surface area contributed by atoms with Crippen molar-refractivity contribution in [2.45, 2.75) is 6.18 Å². The third-order valence-electron chi connectivity index (χ3n) is 2.27. The molecule has 0 aliphatic heterocycles. The third-order valence-corrected chi connectivity index (χ3v) is 2.27. The number of carbonyl (C=O) groups excluding carboxylic acids is 1. The van der Waals surface area contributed by atoms with E-state index in [1.54, 1.807) is 6.07 Å². The predicted octanol–water partition coefficient (Wildman–Crippen LogP) is 3.14. The number of hydrogen-bond donors (Lipinski definition) is 2. The Bertz CT molecular complexity index is 601. The highest BCUT2D eigenvalue weighted by Crippen LogP contribution is 2.34. The molecule has 2 amide bonds. The van der Waals surface area contributed by atoms with Gasteiger partial charge in [-0.3, -0.25) is 5.32 Å². The molecule has 0 unspecified atom stereocenters. The molecular formula is C12H9F3N4O. The van der Waals surface area contributed by atoms with Crippen LogP contribution >= 0.6 is 0 Å². The Morgan fingerprint density at radius 1 is 1.00 bits per heavy atom. The number of nitrogens with one attached hydrogen (secondary N) is 2. The van der Waals surface area contributed by atoms with Crippen molar-refractivity contribution in [3.8, 4) is 0 Å². The van der Waals surface area contributed by atoms with E-state index < -0.39 is 17.8 Å². The highest BCUT2D eigenvalue weighted by molar-refractivity contribution is 5.99. The Morgan fingerprint density at radius 3 is 2.30 bits per heavy atom. The van der Waals surface area contributed by atoms with Gasteiger partial charge in [0.15, 0.2) is 0 Å². The molecule has 2 aromatic rings. The summed E-state index contributed by atoms with van der Waals surface area (Å²) in [6, 6.07) is 5.37. The van der Waals surface area contributed by atoms with Gasteiger partial charge in [-0.15, -0.1) is 0 Å². The molecule has 0 saturated carbocycles. The van der Waals surface area contributed by atoms with Crippen molar-refractivity contribution in [2.24, 2.45) is 0 Å². The fraction of sp³-hybridized carbons (Fsp3) is 0.0833. The van der Waals surface area contributed by atoms with Gasteiger partial charge in [-0.2, -0.15) is 13.2 Å². The molecule has 0 spiro atoms. The molecule has 0 atom stereocenters. The first-order chi connectivity index (χ1) is 9.47. The zero-order valence-corrected chi connectivity index (χ0v) is 9.98. The lowest BCUT2D eigenvalue weighted by molar-refractivity contribution is -0.136. The SMILES string of the molecule is O=C(Nc1ncccn1)Nc1ccccc1C(F)(F)F. The second-order valence-corrected chi connectivity index (χ2v) is 3.69. The van der Waals surface area contributed by atoms with Crippen LogP contribution in [-0.2, 0) is 6.18 Å². The summed E-state index contributed by atoms with van der Waals surface area (Å²) >= 11 is 0.